The van der Waals surface area contributed by atoms with Gasteiger partial charge in [-0.15, -0.1) is 0 Å². The fourth-order valence-electron chi connectivity index (χ4n) is 9.28. The molecule has 58 heavy (non-hydrogen) atoms. The fraction of sp³-hybridized carbons (Fsp3) is 0.0741. The lowest BCUT2D eigenvalue weighted by Gasteiger charge is -2.25. The van der Waals surface area contributed by atoms with E-state index in [1.807, 2.05) is 0 Å². The average Bonchev–Trinajstić information content (AvgIpc) is 3.80. The summed E-state index contributed by atoms with van der Waals surface area (Å²) < 4.78 is 5.03. The Hall–Kier alpha value is -7.30. The molecule has 0 radical (unpaired) electrons. The third-order valence-corrected chi connectivity index (χ3v) is 11.9. The molecule has 0 atom stereocenters. The van der Waals surface area contributed by atoms with Crippen molar-refractivity contribution in [2.45, 2.75) is 25.7 Å². The molecule has 278 valence electrons. The molecule has 0 saturated heterocycles. The Bertz CT molecular complexity index is 2940. The van der Waals surface area contributed by atoms with Crippen molar-refractivity contribution in [1.29, 1.82) is 0 Å². The van der Waals surface area contributed by atoms with Gasteiger partial charge in [0.1, 0.15) is 0 Å². The zero-order chi connectivity index (χ0) is 38.4. The van der Waals surface area contributed by atoms with Crippen LogP contribution in [0, 0.1) is 0 Å². The predicted molar refractivity (Wildman–Crippen MR) is 244 cm³/mol. The molecule has 11 rings (SSSR count). The van der Waals surface area contributed by atoms with E-state index in [9.17, 15) is 0 Å². The highest BCUT2D eigenvalue weighted by molar-refractivity contribution is 6.14. The second-order valence-corrected chi connectivity index (χ2v) is 15.3. The van der Waals surface area contributed by atoms with Crippen LogP contribution in [0.1, 0.15) is 24.1 Å². The van der Waals surface area contributed by atoms with Gasteiger partial charge in [-0.1, -0.05) is 91.0 Å². The van der Waals surface area contributed by atoms with E-state index in [-0.39, 0.29) is 0 Å². The monoisotopic (exact) mass is 746 g/mol. The smallest absolute Gasteiger partial charge is 0.0548 e. The van der Waals surface area contributed by atoms with Crippen LogP contribution in [-0.4, -0.2) is 9.13 Å². The highest BCUT2D eigenvalue weighted by Crippen LogP contribution is 2.42. The number of benzene rings is 8. The van der Waals surface area contributed by atoms with Crippen molar-refractivity contribution < 1.29 is 0 Å². The Kier molecular flexibility index (Phi) is 8.40. The fourth-order valence-corrected chi connectivity index (χ4v) is 9.28. The first-order valence-electron chi connectivity index (χ1n) is 20.4. The minimum atomic E-state index is 1.08. The molecule has 2 aromatic heterocycles. The van der Waals surface area contributed by atoms with Gasteiger partial charge >= 0.3 is 0 Å². The average molecular weight is 747 g/mol. The maximum Gasteiger partial charge on any atom is 0.0548 e. The molecular formula is C54H42N4. The van der Waals surface area contributed by atoms with E-state index < -0.39 is 0 Å². The van der Waals surface area contributed by atoms with Crippen LogP contribution in [0.15, 0.2) is 206 Å². The first-order valence-corrected chi connectivity index (χ1v) is 20.4. The zero-order valence-electron chi connectivity index (χ0n) is 32.2. The van der Waals surface area contributed by atoms with Gasteiger partial charge in [0.15, 0.2) is 0 Å². The van der Waals surface area contributed by atoms with Gasteiger partial charge in [0.2, 0.25) is 0 Å². The summed E-state index contributed by atoms with van der Waals surface area (Å²) in [6.45, 7) is 0. The predicted octanol–water partition coefficient (Wildman–Crippen LogP) is 14.5. The van der Waals surface area contributed by atoms with Crippen molar-refractivity contribution in [3.63, 3.8) is 0 Å². The summed E-state index contributed by atoms with van der Waals surface area (Å²) in [7, 11) is 0. The largest absolute Gasteiger partial charge is 0.313 e. The van der Waals surface area contributed by atoms with Gasteiger partial charge in [0.05, 0.1) is 16.6 Å². The van der Waals surface area contributed by atoms with Gasteiger partial charge in [0, 0.05) is 67.4 Å². The highest BCUT2D eigenvalue weighted by Gasteiger charge is 2.24. The van der Waals surface area contributed by atoms with Gasteiger partial charge in [-0.05, 0) is 147 Å². The van der Waals surface area contributed by atoms with Crippen LogP contribution in [0.25, 0.3) is 44.1 Å². The van der Waals surface area contributed by atoms with Gasteiger partial charge < -0.3 is 18.9 Å². The molecule has 1 aliphatic carbocycles. The van der Waals surface area contributed by atoms with Crippen molar-refractivity contribution in [2.24, 2.45) is 0 Å². The number of hydrogen-bond acceptors (Lipinski definition) is 2. The molecule has 2 heterocycles. The Balaban J connectivity index is 1.05. The van der Waals surface area contributed by atoms with Crippen LogP contribution in [0.5, 0.6) is 0 Å². The molecule has 0 unspecified atom stereocenters. The van der Waals surface area contributed by atoms with Crippen LogP contribution in [0.3, 0.4) is 0 Å². The van der Waals surface area contributed by atoms with Gasteiger partial charge in [-0.2, -0.15) is 0 Å². The summed E-state index contributed by atoms with van der Waals surface area (Å²) in [6, 6.07) is 74.6. The third kappa shape index (κ3) is 5.76. The van der Waals surface area contributed by atoms with E-state index in [1.54, 1.807) is 0 Å². The minimum absolute atomic E-state index is 1.08. The number of aryl methyl sites for hydroxylation is 1. The van der Waals surface area contributed by atoms with Crippen LogP contribution >= 0.6 is 0 Å². The number of para-hydroxylation sites is 5. The number of aromatic nitrogens is 2. The van der Waals surface area contributed by atoms with E-state index in [1.165, 1.54) is 62.5 Å². The Morgan fingerprint density at radius 3 is 1.22 bits per heavy atom. The zero-order valence-corrected chi connectivity index (χ0v) is 32.2. The van der Waals surface area contributed by atoms with Crippen molar-refractivity contribution in [3.8, 4) is 11.4 Å². The maximum atomic E-state index is 2.56. The molecule has 8 aromatic carbocycles. The topological polar surface area (TPSA) is 16.3 Å². The molecule has 0 amide bonds. The minimum Gasteiger partial charge on any atom is -0.313 e. The van der Waals surface area contributed by atoms with Crippen molar-refractivity contribution >= 4 is 66.8 Å². The van der Waals surface area contributed by atoms with Crippen LogP contribution in [-0.2, 0) is 12.8 Å². The number of rotatable bonds is 8. The molecule has 0 N–H and O–H groups in total. The molecule has 1 aliphatic rings. The lowest BCUT2D eigenvalue weighted by atomic mass is 9.95. The van der Waals surface area contributed by atoms with Crippen LogP contribution in [0.2, 0.25) is 0 Å². The number of nitrogens with zero attached hydrogens (tertiary/aromatic N) is 4. The van der Waals surface area contributed by atoms with E-state index >= 15 is 0 Å². The Labute approximate surface area is 339 Å². The lowest BCUT2D eigenvalue weighted by Crippen LogP contribution is -2.10. The molecule has 0 spiro atoms. The SMILES string of the molecule is c1ccc(N(c2ccccc2)c2ccc(-n3c4c(c5cc6c(cc53)c3ccccc3n6-c3ccc(N(c5ccccc5)c5ccccc5)cc3)CCCC4)cc2)cc1. The van der Waals surface area contributed by atoms with E-state index in [2.05, 4.69) is 225 Å². The first-order chi connectivity index (χ1) is 28.8. The standard InChI is InChI=1S/C54H42N4/c1-5-17-39(18-6-1)55(40-19-7-2-8-20-40)43-29-33-45(34-30-43)57-51-27-15-13-25-47(51)49-38-54-50(37-53(49)57)48-26-14-16-28-52(48)58(54)46-35-31-44(32-36-46)56(41-21-9-3-10-22-41)42-23-11-4-12-24-42/h1-13,15,17-25,27,29-38H,14,16,26,28H2. The Morgan fingerprint density at radius 1 is 0.310 bits per heavy atom. The molecule has 4 nitrogen and oxygen atoms in total. The summed E-state index contributed by atoms with van der Waals surface area (Å²) in [5.74, 6) is 0. The molecule has 0 bridgehead atoms. The van der Waals surface area contributed by atoms with Gasteiger partial charge in [-0.3, -0.25) is 0 Å². The maximum absolute atomic E-state index is 2.56. The van der Waals surface area contributed by atoms with Gasteiger partial charge in [-0.25, -0.2) is 0 Å². The first kappa shape index (κ1) is 34.0. The second kappa shape index (κ2) is 14.3. The molecule has 4 heteroatoms. The van der Waals surface area contributed by atoms with Crippen LogP contribution < -0.4 is 9.80 Å². The van der Waals surface area contributed by atoms with E-state index in [4.69, 9.17) is 0 Å². The summed E-state index contributed by atoms with van der Waals surface area (Å²) in [6.07, 6.45) is 4.61. The lowest BCUT2D eigenvalue weighted by molar-refractivity contribution is 0.667. The quantitative estimate of drug-likeness (QED) is 0.154. The number of hydrogen-bond donors (Lipinski definition) is 0. The summed E-state index contributed by atoms with van der Waals surface area (Å²) in [5.41, 5.74) is 15.9. The second-order valence-electron chi connectivity index (χ2n) is 15.3. The van der Waals surface area contributed by atoms with E-state index in [0.29, 0.717) is 0 Å². The van der Waals surface area contributed by atoms with Crippen molar-refractivity contribution in [1.82, 2.24) is 9.13 Å². The molecule has 0 saturated carbocycles. The normalized spacial score (nSPS) is 12.6. The van der Waals surface area contributed by atoms with E-state index in [0.717, 1.165) is 52.7 Å². The highest BCUT2D eigenvalue weighted by atomic mass is 15.1. The molecule has 10 aromatic rings. The van der Waals surface area contributed by atoms with Crippen molar-refractivity contribution in [2.75, 3.05) is 9.80 Å². The Morgan fingerprint density at radius 2 is 0.707 bits per heavy atom. The van der Waals surface area contributed by atoms with Crippen LogP contribution in [0.4, 0.5) is 34.1 Å². The van der Waals surface area contributed by atoms with Gasteiger partial charge in [0.25, 0.3) is 0 Å². The molecule has 0 aliphatic heterocycles. The molecular weight excluding hydrogens is 705 g/mol. The summed E-state index contributed by atoms with van der Waals surface area (Å²) in [4.78, 5) is 4.65. The summed E-state index contributed by atoms with van der Waals surface area (Å²) >= 11 is 0. The summed E-state index contributed by atoms with van der Waals surface area (Å²) in [5, 5.41) is 3.90. The molecule has 0 fully saturated rings. The van der Waals surface area contributed by atoms with Crippen molar-refractivity contribution in [3.05, 3.63) is 218 Å². The third-order valence-electron chi connectivity index (χ3n) is 11.9. The number of anilines is 6. The number of fused-ring (bicyclic) bond motifs is 6.